The lowest BCUT2D eigenvalue weighted by atomic mass is 10.1. The van der Waals surface area contributed by atoms with Crippen LogP contribution in [0.5, 0.6) is 0 Å². The third-order valence-corrected chi connectivity index (χ3v) is 1.35. The Morgan fingerprint density at radius 3 is 2.00 bits per heavy atom. The highest BCUT2D eigenvalue weighted by atomic mass is 16.6. The van der Waals surface area contributed by atoms with Crippen molar-refractivity contribution in [3.8, 4) is 12.8 Å². The molecule has 4 heteroatoms. The predicted molar refractivity (Wildman–Crippen MR) is 38.5 cm³/mol. The summed E-state index contributed by atoms with van der Waals surface area (Å²) < 4.78 is 4.61. The molecule has 0 radical (unpaired) electrons. The molecule has 1 saturated heterocycles. The zero-order valence-corrected chi connectivity index (χ0v) is 6.05. The number of aliphatic hydroxyl groups is 3. The Bertz CT molecular complexity index is 123. The second kappa shape index (κ2) is 5.10. The lowest BCUT2D eigenvalue weighted by molar-refractivity contribution is -0.193. The van der Waals surface area contributed by atoms with Gasteiger partial charge in [0.15, 0.2) is 6.29 Å². The van der Waals surface area contributed by atoms with Gasteiger partial charge < -0.3 is 20.1 Å². The third kappa shape index (κ3) is 3.35. The van der Waals surface area contributed by atoms with Crippen molar-refractivity contribution >= 4 is 0 Å². The zero-order valence-electron chi connectivity index (χ0n) is 6.05. The van der Waals surface area contributed by atoms with Gasteiger partial charge in [0, 0.05) is 6.42 Å². The first kappa shape index (κ1) is 10.4. The van der Waals surface area contributed by atoms with Gasteiger partial charge in [-0.15, -0.1) is 12.8 Å². The lowest BCUT2D eigenvalue weighted by Crippen LogP contribution is -2.40. The van der Waals surface area contributed by atoms with Crippen molar-refractivity contribution in [1.29, 1.82) is 0 Å². The van der Waals surface area contributed by atoms with E-state index in [9.17, 15) is 0 Å². The van der Waals surface area contributed by atoms with Gasteiger partial charge in [0.25, 0.3) is 0 Å². The van der Waals surface area contributed by atoms with Crippen LogP contribution in [0, 0.1) is 12.8 Å². The van der Waals surface area contributed by atoms with Crippen molar-refractivity contribution in [3.63, 3.8) is 0 Å². The summed E-state index contributed by atoms with van der Waals surface area (Å²) in [5.74, 6) is 0. The second-order valence-electron chi connectivity index (χ2n) is 2.16. The molecule has 1 aliphatic heterocycles. The maximum Gasteiger partial charge on any atom is 0.157 e. The van der Waals surface area contributed by atoms with E-state index in [1.54, 1.807) is 0 Å². The summed E-state index contributed by atoms with van der Waals surface area (Å²) in [6.45, 7) is 0.0162. The molecule has 0 spiro atoms. The minimum absolute atomic E-state index is 0.0162. The fraction of sp³-hybridized carbons (Fsp3) is 0.714. The van der Waals surface area contributed by atoms with Crippen molar-refractivity contribution in [1.82, 2.24) is 0 Å². The van der Waals surface area contributed by atoms with E-state index in [1.165, 1.54) is 0 Å². The molecule has 0 aliphatic carbocycles. The van der Waals surface area contributed by atoms with Gasteiger partial charge in [-0.05, 0) is 0 Å². The van der Waals surface area contributed by atoms with Gasteiger partial charge >= 0.3 is 0 Å². The van der Waals surface area contributed by atoms with Crippen molar-refractivity contribution in [2.24, 2.45) is 0 Å². The molecule has 1 rings (SSSR count). The SMILES string of the molecule is C#C.OC1C[C@@H](O)[C@H](O)CO1. The molecule has 0 amide bonds. The average molecular weight is 160 g/mol. The molecule has 1 heterocycles. The maximum absolute atomic E-state index is 8.86. The maximum atomic E-state index is 8.86. The van der Waals surface area contributed by atoms with Gasteiger partial charge in [-0.25, -0.2) is 0 Å². The summed E-state index contributed by atoms with van der Waals surface area (Å²) in [6, 6.07) is 0. The van der Waals surface area contributed by atoms with Crippen molar-refractivity contribution in [2.75, 3.05) is 6.61 Å². The molecule has 0 bridgehead atoms. The number of ether oxygens (including phenoxy) is 1. The zero-order chi connectivity index (χ0) is 8.85. The minimum atomic E-state index is -0.914. The quantitative estimate of drug-likeness (QED) is 0.385. The molecule has 0 saturated carbocycles. The summed E-state index contributed by atoms with van der Waals surface area (Å²) in [5, 5.41) is 26.4. The van der Waals surface area contributed by atoms with Gasteiger partial charge in [-0.1, -0.05) is 0 Å². The third-order valence-electron chi connectivity index (χ3n) is 1.35. The van der Waals surface area contributed by atoms with Crippen molar-refractivity contribution in [3.05, 3.63) is 0 Å². The van der Waals surface area contributed by atoms with Crippen LogP contribution < -0.4 is 0 Å². The summed E-state index contributed by atoms with van der Waals surface area (Å²) >= 11 is 0. The number of hydrogen-bond acceptors (Lipinski definition) is 4. The summed E-state index contributed by atoms with van der Waals surface area (Å²) in [7, 11) is 0. The Balaban J connectivity index is 0.000000461. The molecule has 3 N–H and O–H groups in total. The number of terminal acetylenes is 1. The van der Waals surface area contributed by atoms with E-state index in [0.717, 1.165) is 0 Å². The van der Waals surface area contributed by atoms with E-state index < -0.39 is 18.5 Å². The van der Waals surface area contributed by atoms with E-state index in [4.69, 9.17) is 15.3 Å². The molecule has 1 aliphatic rings. The Hall–Kier alpha value is -0.600. The Kier molecular flexibility index (Phi) is 4.83. The monoisotopic (exact) mass is 160 g/mol. The molecule has 64 valence electrons. The number of aliphatic hydroxyl groups excluding tert-OH is 3. The minimum Gasteiger partial charge on any atom is -0.390 e. The molecule has 11 heavy (non-hydrogen) atoms. The predicted octanol–water partition coefficient (Wildman–Crippen LogP) is -1.30. The average Bonchev–Trinajstić information content (AvgIpc) is 2.02. The molecule has 1 fully saturated rings. The summed E-state index contributed by atoms with van der Waals surface area (Å²) in [6.07, 6.45) is 5.51. The highest BCUT2D eigenvalue weighted by Gasteiger charge is 2.26. The van der Waals surface area contributed by atoms with E-state index >= 15 is 0 Å². The smallest absolute Gasteiger partial charge is 0.157 e. The van der Waals surface area contributed by atoms with Crippen LogP contribution in [0.2, 0.25) is 0 Å². The van der Waals surface area contributed by atoms with Crippen LogP contribution in [0.3, 0.4) is 0 Å². The Morgan fingerprint density at radius 1 is 1.09 bits per heavy atom. The van der Waals surface area contributed by atoms with E-state index in [2.05, 4.69) is 17.6 Å². The number of hydrogen-bond donors (Lipinski definition) is 3. The summed E-state index contributed by atoms with van der Waals surface area (Å²) in [5.41, 5.74) is 0. The van der Waals surface area contributed by atoms with Crippen LogP contribution in [0.4, 0.5) is 0 Å². The Labute approximate surface area is 65.4 Å². The molecule has 0 aromatic heterocycles. The van der Waals surface area contributed by atoms with Crippen LogP contribution in [-0.2, 0) is 4.74 Å². The topological polar surface area (TPSA) is 69.9 Å². The first-order valence-electron chi connectivity index (χ1n) is 3.19. The van der Waals surface area contributed by atoms with Gasteiger partial charge in [0.2, 0.25) is 0 Å². The molecule has 3 atom stereocenters. The van der Waals surface area contributed by atoms with Crippen molar-refractivity contribution < 1.29 is 20.1 Å². The van der Waals surface area contributed by atoms with Crippen LogP contribution >= 0.6 is 0 Å². The highest BCUT2D eigenvalue weighted by molar-refractivity contribution is 4.72. The standard InChI is InChI=1S/C5H10O4.C2H2/c6-3-1-5(8)9-2-4(3)7;1-2/h3-8H,1-2H2;1-2H/t3-,4-,5?;/m1./s1. The van der Waals surface area contributed by atoms with Crippen LogP contribution in [-0.4, -0.2) is 40.4 Å². The van der Waals surface area contributed by atoms with Gasteiger partial charge in [0.1, 0.15) is 6.10 Å². The first-order chi connectivity index (χ1) is 5.20. The molecule has 0 aromatic carbocycles. The fourth-order valence-electron chi connectivity index (χ4n) is 0.752. The molecule has 0 aromatic rings. The fourth-order valence-corrected chi connectivity index (χ4v) is 0.752. The van der Waals surface area contributed by atoms with E-state index in [1.807, 2.05) is 0 Å². The van der Waals surface area contributed by atoms with Crippen LogP contribution in [0.1, 0.15) is 6.42 Å². The van der Waals surface area contributed by atoms with Gasteiger partial charge in [0.05, 0.1) is 12.7 Å². The normalized spacial score (nSPS) is 37.0. The second-order valence-corrected chi connectivity index (χ2v) is 2.16. The molecule has 4 nitrogen and oxygen atoms in total. The summed E-state index contributed by atoms with van der Waals surface area (Å²) in [4.78, 5) is 0. The largest absolute Gasteiger partial charge is 0.390 e. The highest BCUT2D eigenvalue weighted by Crippen LogP contribution is 2.11. The van der Waals surface area contributed by atoms with E-state index in [0.29, 0.717) is 0 Å². The lowest BCUT2D eigenvalue weighted by Gasteiger charge is -2.26. The molecule has 1 unspecified atom stereocenters. The molecular formula is C7H12O4. The van der Waals surface area contributed by atoms with Gasteiger partial charge in [-0.3, -0.25) is 0 Å². The van der Waals surface area contributed by atoms with Crippen molar-refractivity contribution in [2.45, 2.75) is 24.9 Å². The first-order valence-corrected chi connectivity index (χ1v) is 3.19. The van der Waals surface area contributed by atoms with E-state index in [-0.39, 0.29) is 13.0 Å². The number of rotatable bonds is 0. The van der Waals surface area contributed by atoms with Crippen LogP contribution in [0.25, 0.3) is 0 Å². The Morgan fingerprint density at radius 2 is 1.64 bits per heavy atom. The van der Waals surface area contributed by atoms with Gasteiger partial charge in [-0.2, -0.15) is 0 Å². The van der Waals surface area contributed by atoms with Crippen LogP contribution in [0.15, 0.2) is 0 Å². The molecular weight excluding hydrogens is 148 g/mol.